The average molecular weight is 301 g/mol. The normalized spacial score (nSPS) is 13.9. The molecule has 0 aromatic rings. The standard InChI is InChI=1S/C10H15F8N/c1-2-19-5-6(3-9(15,16)7(11)12)4-10(17,18)8(13)14/h6-8,19H,2-5H2,1H3. The number of halogens is 8. The van der Waals surface area contributed by atoms with Crippen LogP contribution < -0.4 is 5.32 Å². The Bertz CT molecular complexity index is 234. The molecule has 0 unspecified atom stereocenters. The van der Waals surface area contributed by atoms with E-state index in [1.54, 1.807) is 0 Å². The Morgan fingerprint density at radius 2 is 1.21 bits per heavy atom. The van der Waals surface area contributed by atoms with Gasteiger partial charge in [0.1, 0.15) is 0 Å². The molecule has 19 heavy (non-hydrogen) atoms. The molecule has 0 heterocycles. The lowest BCUT2D eigenvalue weighted by Gasteiger charge is -2.26. The Labute approximate surface area is 105 Å². The monoisotopic (exact) mass is 301 g/mol. The van der Waals surface area contributed by atoms with Gasteiger partial charge in [0.2, 0.25) is 0 Å². The van der Waals surface area contributed by atoms with E-state index in [0.717, 1.165) is 0 Å². The number of rotatable bonds is 9. The lowest BCUT2D eigenvalue weighted by Crippen LogP contribution is -2.38. The van der Waals surface area contributed by atoms with E-state index in [1.807, 2.05) is 0 Å². The second-order valence-electron chi connectivity index (χ2n) is 4.21. The van der Waals surface area contributed by atoms with Gasteiger partial charge >= 0.3 is 24.7 Å². The molecule has 0 aliphatic rings. The van der Waals surface area contributed by atoms with Gasteiger partial charge in [-0.15, -0.1) is 0 Å². The van der Waals surface area contributed by atoms with E-state index in [-0.39, 0.29) is 6.54 Å². The van der Waals surface area contributed by atoms with Gasteiger partial charge in [0.05, 0.1) is 0 Å². The summed E-state index contributed by atoms with van der Waals surface area (Å²) in [7, 11) is 0. The summed E-state index contributed by atoms with van der Waals surface area (Å²) in [4.78, 5) is 0. The Balaban J connectivity index is 4.73. The third-order valence-corrected chi connectivity index (χ3v) is 2.44. The molecule has 0 spiro atoms. The first-order chi connectivity index (χ1) is 8.53. The van der Waals surface area contributed by atoms with E-state index in [2.05, 4.69) is 5.32 Å². The summed E-state index contributed by atoms with van der Waals surface area (Å²) >= 11 is 0. The minimum atomic E-state index is -4.47. The van der Waals surface area contributed by atoms with Gasteiger partial charge in [0.25, 0.3) is 0 Å². The van der Waals surface area contributed by atoms with Crippen LogP contribution in [-0.2, 0) is 0 Å². The highest BCUT2D eigenvalue weighted by Crippen LogP contribution is 2.36. The fourth-order valence-electron chi connectivity index (χ4n) is 1.51. The summed E-state index contributed by atoms with van der Waals surface area (Å²) in [5.74, 6) is -10.6. The van der Waals surface area contributed by atoms with Gasteiger partial charge in [0, 0.05) is 12.8 Å². The zero-order chi connectivity index (χ0) is 15.3. The Hall–Kier alpha value is -0.600. The zero-order valence-electron chi connectivity index (χ0n) is 10.1. The molecule has 0 aromatic heterocycles. The Kier molecular flexibility index (Phi) is 7.02. The van der Waals surface area contributed by atoms with Crippen molar-refractivity contribution in [3.8, 4) is 0 Å². The summed E-state index contributed by atoms with van der Waals surface area (Å²) in [5.41, 5.74) is 0. The largest absolute Gasteiger partial charge is 0.317 e. The molecule has 0 aliphatic heterocycles. The van der Waals surface area contributed by atoms with E-state index in [4.69, 9.17) is 0 Å². The van der Waals surface area contributed by atoms with Gasteiger partial charge in [-0.05, 0) is 19.0 Å². The second-order valence-corrected chi connectivity index (χ2v) is 4.21. The summed E-state index contributed by atoms with van der Waals surface area (Å²) in [6.07, 6.45) is -11.2. The zero-order valence-corrected chi connectivity index (χ0v) is 10.1. The van der Waals surface area contributed by atoms with E-state index in [1.165, 1.54) is 6.92 Å². The number of hydrogen-bond donors (Lipinski definition) is 1. The molecule has 0 atom stereocenters. The van der Waals surface area contributed by atoms with E-state index < -0.39 is 50.0 Å². The first-order valence-corrected chi connectivity index (χ1v) is 5.55. The molecule has 0 bridgehead atoms. The third kappa shape index (κ3) is 6.40. The molecule has 0 saturated heterocycles. The van der Waals surface area contributed by atoms with Gasteiger partial charge in [-0.25, -0.2) is 35.1 Å². The number of hydrogen-bond acceptors (Lipinski definition) is 1. The Morgan fingerprint density at radius 1 is 0.842 bits per heavy atom. The molecule has 0 aromatic carbocycles. The molecular weight excluding hydrogens is 286 g/mol. The van der Waals surface area contributed by atoms with E-state index in [0.29, 0.717) is 0 Å². The minimum Gasteiger partial charge on any atom is -0.317 e. The van der Waals surface area contributed by atoms with Crippen molar-refractivity contribution in [2.75, 3.05) is 13.1 Å². The summed E-state index contributed by atoms with van der Waals surface area (Å²) in [5, 5.41) is 2.41. The van der Waals surface area contributed by atoms with Crippen molar-refractivity contribution in [1.29, 1.82) is 0 Å². The molecule has 0 radical (unpaired) electrons. The third-order valence-electron chi connectivity index (χ3n) is 2.44. The van der Waals surface area contributed by atoms with Gasteiger partial charge in [0.15, 0.2) is 0 Å². The molecular formula is C10H15F8N. The van der Waals surface area contributed by atoms with Crippen LogP contribution in [0, 0.1) is 5.92 Å². The fraction of sp³-hybridized carbons (Fsp3) is 1.00. The predicted molar refractivity (Wildman–Crippen MR) is 53.2 cm³/mol. The van der Waals surface area contributed by atoms with Crippen LogP contribution in [0.5, 0.6) is 0 Å². The van der Waals surface area contributed by atoms with Gasteiger partial charge in [-0.3, -0.25) is 0 Å². The predicted octanol–water partition coefficient (Wildman–Crippen LogP) is 3.79. The summed E-state index contributed by atoms with van der Waals surface area (Å²) in [6, 6.07) is 0. The molecule has 9 heteroatoms. The van der Waals surface area contributed by atoms with Crippen molar-refractivity contribution >= 4 is 0 Å². The molecule has 0 fully saturated rings. The molecule has 1 N–H and O–H groups in total. The maximum absolute atomic E-state index is 12.8. The van der Waals surface area contributed by atoms with Crippen molar-refractivity contribution in [3.05, 3.63) is 0 Å². The van der Waals surface area contributed by atoms with Crippen LogP contribution in [0.25, 0.3) is 0 Å². The van der Waals surface area contributed by atoms with Crippen LogP contribution in [0.3, 0.4) is 0 Å². The topological polar surface area (TPSA) is 12.0 Å². The first kappa shape index (κ1) is 18.4. The molecule has 0 saturated carbocycles. The summed E-state index contributed by atoms with van der Waals surface area (Å²) < 4.78 is 99.1. The lowest BCUT2D eigenvalue weighted by atomic mass is 9.94. The highest BCUT2D eigenvalue weighted by Gasteiger charge is 2.47. The lowest BCUT2D eigenvalue weighted by molar-refractivity contribution is -0.164. The molecule has 1 nitrogen and oxygen atoms in total. The van der Waals surface area contributed by atoms with Crippen LogP contribution in [-0.4, -0.2) is 37.8 Å². The van der Waals surface area contributed by atoms with Crippen molar-refractivity contribution in [2.24, 2.45) is 5.92 Å². The molecule has 0 rings (SSSR count). The smallest absolute Gasteiger partial charge is 0.307 e. The van der Waals surface area contributed by atoms with Crippen molar-refractivity contribution < 1.29 is 35.1 Å². The van der Waals surface area contributed by atoms with Crippen LogP contribution in [0.2, 0.25) is 0 Å². The van der Waals surface area contributed by atoms with Gasteiger partial charge < -0.3 is 5.32 Å². The van der Waals surface area contributed by atoms with E-state index in [9.17, 15) is 35.1 Å². The maximum Gasteiger partial charge on any atom is 0.307 e. The van der Waals surface area contributed by atoms with E-state index >= 15 is 0 Å². The quantitative estimate of drug-likeness (QED) is 0.639. The number of nitrogens with one attached hydrogen (secondary N) is 1. The summed E-state index contributed by atoms with van der Waals surface area (Å²) in [6.45, 7) is 1.30. The van der Waals surface area contributed by atoms with Crippen LogP contribution >= 0.6 is 0 Å². The highest BCUT2D eigenvalue weighted by molar-refractivity contribution is 4.81. The highest BCUT2D eigenvalue weighted by atomic mass is 19.3. The van der Waals surface area contributed by atoms with Crippen molar-refractivity contribution in [3.63, 3.8) is 0 Å². The first-order valence-electron chi connectivity index (χ1n) is 5.55. The van der Waals surface area contributed by atoms with Crippen LogP contribution in [0.4, 0.5) is 35.1 Å². The molecule has 116 valence electrons. The maximum atomic E-state index is 12.8. The molecule has 0 amide bonds. The van der Waals surface area contributed by atoms with Gasteiger partial charge in [-0.2, -0.15) is 0 Å². The van der Waals surface area contributed by atoms with Crippen molar-refractivity contribution in [2.45, 2.75) is 44.5 Å². The van der Waals surface area contributed by atoms with Crippen LogP contribution in [0.1, 0.15) is 19.8 Å². The second kappa shape index (κ2) is 7.25. The van der Waals surface area contributed by atoms with Crippen molar-refractivity contribution in [1.82, 2.24) is 5.32 Å². The SMILES string of the molecule is CCNCC(CC(F)(F)C(F)F)CC(F)(F)C(F)F. The molecule has 0 aliphatic carbocycles. The van der Waals surface area contributed by atoms with Gasteiger partial charge in [-0.1, -0.05) is 6.92 Å². The fourth-order valence-corrected chi connectivity index (χ4v) is 1.51. The average Bonchev–Trinajstić information content (AvgIpc) is 2.24. The van der Waals surface area contributed by atoms with Crippen LogP contribution in [0.15, 0.2) is 0 Å². The minimum absolute atomic E-state index is 0.219. The Morgan fingerprint density at radius 3 is 1.47 bits per heavy atom. The number of alkyl halides is 8.